The molecule has 0 aromatic heterocycles. The van der Waals surface area contributed by atoms with Crippen LogP contribution in [0.15, 0.2) is 35.5 Å². The van der Waals surface area contributed by atoms with Gasteiger partial charge in [-0.05, 0) is 40.9 Å². The minimum absolute atomic E-state index is 0.216. The molecule has 3 nitrogen and oxygen atoms in total. The smallest absolute Gasteiger partial charge is 0.133 e. The number of para-hydroxylation sites is 1. The molecule has 2 rings (SSSR count). The van der Waals surface area contributed by atoms with E-state index in [0.29, 0.717) is 0 Å². The number of ether oxygens (including phenoxy) is 1. The molecule has 4 heteroatoms. The van der Waals surface area contributed by atoms with E-state index < -0.39 is 0 Å². The normalized spacial score (nSPS) is 19.1. The number of nitrogens with zero attached hydrogens (tertiary/aromatic N) is 1. The van der Waals surface area contributed by atoms with Crippen molar-refractivity contribution in [2.75, 3.05) is 6.61 Å². The molecular weight excluding hydrogens is 270 g/mol. The van der Waals surface area contributed by atoms with Crippen molar-refractivity contribution in [1.29, 1.82) is 0 Å². The highest BCUT2D eigenvalue weighted by atomic mass is 79.9. The van der Waals surface area contributed by atoms with Crippen LogP contribution in [0.5, 0.6) is 5.75 Å². The van der Waals surface area contributed by atoms with Crippen molar-refractivity contribution in [2.45, 2.75) is 25.4 Å². The van der Waals surface area contributed by atoms with Gasteiger partial charge in [-0.2, -0.15) is 0 Å². The lowest BCUT2D eigenvalue weighted by Crippen LogP contribution is -2.08. The van der Waals surface area contributed by atoms with Gasteiger partial charge in [0.05, 0.1) is 6.61 Å². The van der Waals surface area contributed by atoms with Gasteiger partial charge in [-0.1, -0.05) is 23.4 Å². The zero-order chi connectivity index (χ0) is 11.2. The van der Waals surface area contributed by atoms with Gasteiger partial charge in [0.1, 0.15) is 16.5 Å². The van der Waals surface area contributed by atoms with Gasteiger partial charge in [0, 0.05) is 6.42 Å². The first kappa shape index (κ1) is 11.5. The van der Waals surface area contributed by atoms with E-state index >= 15 is 0 Å². The van der Waals surface area contributed by atoms with Crippen molar-refractivity contribution in [2.24, 2.45) is 5.16 Å². The molecule has 0 fully saturated rings. The summed E-state index contributed by atoms with van der Waals surface area (Å²) in [5.74, 6) is 0.923. The largest absolute Gasteiger partial charge is 0.494 e. The van der Waals surface area contributed by atoms with Crippen molar-refractivity contribution in [1.82, 2.24) is 0 Å². The Bertz CT molecular complexity index is 353. The predicted molar refractivity (Wildman–Crippen MR) is 67.0 cm³/mol. The summed E-state index contributed by atoms with van der Waals surface area (Å²) in [6.45, 7) is 0.724. The van der Waals surface area contributed by atoms with E-state index in [-0.39, 0.29) is 6.10 Å². The Labute approximate surface area is 104 Å². The zero-order valence-electron chi connectivity index (χ0n) is 8.93. The van der Waals surface area contributed by atoms with Crippen LogP contribution in [-0.2, 0) is 4.84 Å². The summed E-state index contributed by atoms with van der Waals surface area (Å²) in [5, 5.41) is 3.85. The molecule has 0 bridgehead atoms. The molecular formula is C12H14BrNO2. The monoisotopic (exact) mass is 283 g/mol. The highest BCUT2D eigenvalue weighted by molar-refractivity contribution is 9.18. The van der Waals surface area contributed by atoms with Crippen molar-refractivity contribution >= 4 is 20.6 Å². The van der Waals surface area contributed by atoms with E-state index in [1.54, 1.807) is 0 Å². The van der Waals surface area contributed by atoms with Crippen LogP contribution < -0.4 is 4.74 Å². The van der Waals surface area contributed by atoms with E-state index in [1.165, 1.54) is 0 Å². The van der Waals surface area contributed by atoms with E-state index in [9.17, 15) is 0 Å². The summed E-state index contributed by atoms with van der Waals surface area (Å²) in [6, 6.07) is 9.85. The summed E-state index contributed by atoms with van der Waals surface area (Å²) in [7, 11) is 0. The van der Waals surface area contributed by atoms with Crippen LogP contribution in [-0.4, -0.2) is 17.3 Å². The summed E-state index contributed by atoms with van der Waals surface area (Å²) in [4.78, 5) is 5.20. The third-order valence-electron chi connectivity index (χ3n) is 2.38. The van der Waals surface area contributed by atoms with Crippen molar-refractivity contribution in [3.05, 3.63) is 30.3 Å². The lowest BCUT2D eigenvalue weighted by Gasteiger charge is -2.08. The average molecular weight is 284 g/mol. The quantitative estimate of drug-likeness (QED) is 0.776. The summed E-state index contributed by atoms with van der Waals surface area (Å²) in [5.41, 5.74) is 0. The zero-order valence-corrected chi connectivity index (χ0v) is 10.5. The minimum atomic E-state index is 0.216. The highest BCUT2D eigenvalue weighted by Crippen LogP contribution is 2.18. The highest BCUT2D eigenvalue weighted by Gasteiger charge is 2.18. The second-order valence-electron chi connectivity index (χ2n) is 3.70. The molecule has 1 aliphatic heterocycles. The topological polar surface area (TPSA) is 30.8 Å². The van der Waals surface area contributed by atoms with Crippen LogP contribution in [0.1, 0.15) is 19.3 Å². The van der Waals surface area contributed by atoms with Crippen LogP contribution in [0.25, 0.3) is 0 Å². The molecule has 16 heavy (non-hydrogen) atoms. The molecule has 1 heterocycles. The molecule has 0 amide bonds. The second-order valence-corrected chi connectivity index (χ2v) is 4.62. The number of halogens is 1. The van der Waals surface area contributed by atoms with Crippen LogP contribution >= 0.6 is 15.9 Å². The number of oxime groups is 1. The van der Waals surface area contributed by atoms with Crippen LogP contribution in [0, 0.1) is 0 Å². The molecule has 0 spiro atoms. The van der Waals surface area contributed by atoms with Crippen molar-refractivity contribution in [3.63, 3.8) is 0 Å². The average Bonchev–Trinajstić information content (AvgIpc) is 2.72. The first-order valence-electron chi connectivity index (χ1n) is 5.40. The van der Waals surface area contributed by atoms with Crippen LogP contribution in [0.4, 0.5) is 0 Å². The lowest BCUT2D eigenvalue weighted by molar-refractivity contribution is 0.0742. The number of benzene rings is 1. The Balaban J connectivity index is 1.59. The molecule has 1 unspecified atom stereocenters. The molecule has 1 aromatic rings. The van der Waals surface area contributed by atoms with Gasteiger partial charge >= 0.3 is 0 Å². The van der Waals surface area contributed by atoms with Gasteiger partial charge in [0.2, 0.25) is 0 Å². The fourth-order valence-electron chi connectivity index (χ4n) is 1.57. The molecule has 0 N–H and O–H groups in total. The molecule has 0 aliphatic carbocycles. The number of hydrogen-bond acceptors (Lipinski definition) is 3. The number of hydrogen-bond donors (Lipinski definition) is 0. The standard InChI is InChI=1S/C12H14BrNO2/c13-12-9-11(16-14-12)7-4-8-15-10-5-2-1-3-6-10/h1-3,5-6,11H,4,7-9H2. The molecule has 1 atom stereocenters. The lowest BCUT2D eigenvalue weighted by atomic mass is 10.1. The fraction of sp³-hybridized carbons (Fsp3) is 0.417. The van der Waals surface area contributed by atoms with Gasteiger partial charge in [-0.25, -0.2) is 0 Å². The Hall–Kier alpha value is -1.03. The van der Waals surface area contributed by atoms with Gasteiger partial charge in [-0.15, -0.1) is 0 Å². The molecule has 86 valence electrons. The minimum Gasteiger partial charge on any atom is -0.494 e. The van der Waals surface area contributed by atoms with Gasteiger partial charge in [-0.3, -0.25) is 0 Å². The third-order valence-corrected chi connectivity index (χ3v) is 2.85. The van der Waals surface area contributed by atoms with Gasteiger partial charge < -0.3 is 9.57 Å². The summed E-state index contributed by atoms with van der Waals surface area (Å²) < 4.78 is 6.49. The van der Waals surface area contributed by atoms with E-state index in [0.717, 1.165) is 36.2 Å². The summed E-state index contributed by atoms with van der Waals surface area (Å²) in [6.07, 6.45) is 3.06. The van der Waals surface area contributed by atoms with E-state index in [2.05, 4.69) is 21.1 Å². The van der Waals surface area contributed by atoms with Crippen molar-refractivity contribution in [3.8, 4) is 5.75 Å². The Kier molecular flexibility index (Phi) is 4.22. The fourth-order valence-corrected chi connectivity index (χ4v) is 2.01. The molecule has 0 radical (unpaired) electrons. The maximum Gasteiger partial charge on any atom is 0.133 e. The summed E-state index contributed by atoms with van der Waals surface area (Å²) >= 11 is 3.32. The third kappa shape index (κ3) is 3.52. The maximum atomic E-state index is 5.59. The first-order valence-corrected chi connectivity index (χ1v) is 6.20. The SMILES string of the molecule is BrC1=NOC(CCCOc2ccccc2)C1. The van der Waals surface area contributed by atoms with Gasteiger partial charge in [0.15, 0.2) is 0 Å². The Morgan fingerprint density at radius 1 is 1.38 bits per heavy atom. The van der Waals surface area contributed by atoms with E-state index in [4.69, 9.17) is 9.57 Å². The second kappa shape index (κ2) is 5.89. The Morgan fingerprint density at radius 2 is 2.19 bits per heavy atom. The Morgan fingerprint density at radius 3 is 2.88 bits per heavy atom. The predicted octanol–water partition coefficient (Wildman–Crippen LogP) is 3.34. The first-order chi connectivity index (χ1) is 7.84. The van der Waals surface area contributed by atoms with Gasteiger partial charge in [0.25, 0.3) is 0 Å². The maximum absolute atomic E-state index is 5.59. The van der Waals surface area contributed by atoms with Crippen LogP contribution in [0.2, 0.25) is 0 Å². The number of rotatable bonds is 5. The van der Waals surface area contributed by atoms with Crippen molar-refractivity contribution < 1.29 is 9.57 Å². The van der Waals surface area contributed by atoms with E-state index in [1.807, 2.05) is 30.3 Å². The molecule has 1 aromatic carbocycles. The molecule has 1 aliphatic rings. The molecule has 0 saturated heterocycles. The van der Waals surface area contributed by atoms with Crippen LogP contribution in [0.3, 0.4) is 0 Å². The molecule has 0 saturated carbocycles.